The largest absolute Gasteiger partial charge is 0.398 e. The average Bonchev–Trinajstić information content (AvgIpc) is 2.27. The smallest absolute Gasteiger partial charge is 0.334 e. The molecule has 0 amide bonds. The molecule has 1 unspecified atom stereocenters. The zero-order chi connectivity index (χ0) is 11.7. The summed E-state index contributed by atoms with van der Waals surface area (Å²) in [5.74, 6) is 0.665. The van der Waals surface area contributed by atoms with Crippen LogP contribution < -0.4 is 0 Å². The number of rotatable bonds is 9. The van der Waals surface area contributed by atoms with Crippen LogP contribution in [0.25, 0.3) is 0 Å². The topological polar surface area (TPSA) is 27.7 Å². The van der Waals surface area contributed by atoms with E-state index in [4.69, 9.17) is 13.6 Å². The molecule has 0 radical (unpaired) electrons. The van der Waals surface area contributed by atoms with Gasteiger partial charge in [-0.3, -0.25) is 0 Å². The Morgan fingerprint density at radius 3 is 2.27 bits per heavy atom. The third kappa shape index (κ3) is 7.06. The normalized spacial score (nSPS) is 14.2. The molecule has 0 rings (SSSR count). The number of ether oxygens (including phenoxy) is 1. The Hall–Kier alpha value is 0.0969. The predicted molar refractivity (Wildman–Crippen MR) is 65.3 cm³/mol. The first-order chi connectivity index (χ1) is 7.08. The zero-order valence-electron chi connectivity index (χ0n) is 10.8. The summed E-state index contributed by atoms with van der Waals surface area (Å²) >= 11 is 0. The molecule has 0 spiro atoms. The SMILES string of the molecule is CCC(C)COCCC[Si](C)(OC)OC. The molecule has 0 fully saturated rings. The molecular formula is C11H26O3Si. The van der Waals surface area contributed by atoms with Crippen molar-refractivity contribution in [2.45, 2.75) is 39.3 Å². The minimum Gasteiger partial charge on any atom is -0.398 e. The van der Waals surface area contributed by atoms with Crippen LogP contribution in [0.5, 0.6) is 0 Å². The van der Waals surface area contributed by atoms with Crippen molar-refractivity contribution >= 4 is 8.56 Å². The van der Waals surface area contributed by atoms with Crippen molar-refractivity contribution in [3.8, 4) is 0 Å². The van der Waals surface area contributed by atoms with Gasteiger partial charge in [-0.15, -0.1) is 0 Å². The average molecular weight is 234 g/mol. The molecule has 0 bridgehead atoms. The van der Waals surface area contributed by atoms with Gasteiger partial charge in [0, 0.05) is 27.4 Å². The molecule has 15 heavy (non-hydrogen) atoms. The molecule has 0 aliphatic heterocycles. The van der Waals surface area contributed by atoms with Gasteiger partial charge in [0.1, 0.15) is 0 Å². The van der Waals surface area contributed by atoms with Crippen LogP contribution in [0.2, 0.25) is 12.6 Å². The molecule has 0 saturated carbocycles. The Labute approximate surface area is 95.4 Å². The lowest BCUT2D eigenvalue weighted by Crippen LogP contribution is -2.36. The van der Waals surface area contributed by atoms with Crippen LogP contribution in [0, 0.1) is 5.92 Å². The summed E-state index contributed by atoms with van der Waals surface area (Å²) in [5, 5.41) is 0. The van der Waals surface area contributed by atoms with E-state index < -0.39 is 8.56 Å². The van der Waals surface area contributed by atoms with Gasteiger partial charge in [-0.25, -0.2) is 0 Å². The predicted octanol–water partition coefficient (Wildman–Crippen LogP) is 2.80. The third-order valence-corrected chi connectivity index (χ3v) is 5.87. The summed E-state index contributed by atoms with van der Waals surface area (Å²) in [7, 11) is 1.60. The van der Waals surface area contributed by atoms with E-state index in [1.165, 1.54) is 6.42 Å². The molecule has 0 aliphatic carbocycles. The summed E-state index contributed by atoms with van der Waals surface area (Å²) in [6, 6.07) is 1.00. The van der Waals surface area contributed by atoms with Crippen molar-refractivity contribution in [1.29, 1.82) is 0 Å². The quantitative estimate of drug-likeness (QED) is 0.453. The molecule has 0 N–H and O–H groups in total. The van der Waals surface area contributed by atoms with Crippen LogP contribution in [-0.2, 0) is 13.6 Å². The van der Waals surface area contributed by atoms with E-state index in [9.17, 15) is 0 Å². The van der Waals surface area contributed by atoms with Gasteiger partial charge in [0.25, 0.3) is 0 Å². The molecule has 0 saturated heterocycles. The fourth-order valence-electron chi connectivity index (χ4n) is 1.19. The van der Waals surface area contributed by atoms with E-state index in [1.54, 1.807) is 14.2 Å². The van der Waals surface area contributed by atoms with E-state index in [0.29, 0.717) is 5.92 Å². The first-order valence-corrected chi connectivity index (χ1v) is 8.28. The summed E-state index contributed by atoms with van der Waals surface area (Å²) < 4.78 is 16.4. The van der Waals surface area contributed by atoms with Crippen molar-refractivity contribution in [3.05, 3.63) is 0 Å². The van der Waals surface area contributed by atoms with Crippen LogP contribution in [0.4, 0.5) is 0 Å². The first-order valence-electron chi connectivity index (χ1n) is 5.76. The molecule has 4 heteroatoms. The van der Waals surface area contributed by atoms with Gasteiger partial charge >= 0.3 is 8.56 Å². The maximum Gasteiger partial charge on any atom is 0.334 e. The van der Waals surface area contributed by atoms with Crippen LogP contribution in [-0.4, -0.2) is 36.0 Å². The summed E-state index contributed by atoms with van der Waals surface area (Å²) in [4.78, 5) is 0. The van der Waals surface area contributed by atoms with Gasteiger partial charge in [-0.1, -0.05) is 20.3 Å². The summed E-state index contributed by atoms with van der Waals surface area (Å²) in [6.45, 7) is 8.17. The molecule has 0 aliphatic rings. The van der Waals surface area contributed by atoms with Crippen LogP contribution >= 0.6 is 0 Å². The van der Waals surface area contributed by atoms with Gasteiger partial charge < -0.3 is 13.6 Å². The molecule has 0 aromatic rings. The minimum absolute atomic E-state index is 0.665. The standard InChI is InChI=1S/C11H26O3Si/c1-6-11(2)10-14-8-7-9-15(5,12-3)13-4/h11H,6-10H2,1-5H3. The van der Waals surface area contributed by atoms with E-state index in [0.717, 1.165) is 25.7 Å². The number of hydrogen-bond acceptors (Lipinski definition) is 3. The molecule has 1 atom stereocenters. The highest BCUT2D eigenvalue weighted by molar-refractivity contribution is 6.65. The van der Waals surface area contributed by atoms with Gasteiger partial charge in [0.05, 0.1) is 0 Å². The second kappa shape index (κ2) is 8.27. The first kappa shape index (κ1) is 15.1. The zero-order valence-corrected chi connectivity index (χ0v) is 11.8. The van der Waals surface area contributed by atoms with Gasteiger partial charge in [0.2, 0.25) is 0 Å². The highest BCUT2D eigenvalue weighted by atomic mass is 28.4. The van der Waals surface area contributed by atoms with Crippen LogP contribution in [0.15, 0.2) is 0 Å². The maximum atomic E-state index is 5.58. The summed E-state index contributed by atoms with van der Waals surface area (Å²) in [5.41, 5.74) is 0. The molecule has 0 aromatic heterocycles. The highest BCUT2D eigenvalue weighted by Crippen LogP contribution is 2.13. The molecule has 92 valence electrons. The third-order valence-electron chi connectivity index (χ3n) is 2.88. The van der Waals surface area contributed by atoms with Crippen molar-refractivity contribution < 1.29 is 13.6 Å². The lowest BCUT2D eigenvalue weighted by atomic mass is 10.1. The second-order valence-corrected chi connectivity index (χ2v) is 7.82. The van der Waals surface area contributed by atoms with Crippen molar-refractivity contribution in [3.63, 3.8) is 0 Å². The van der Waals surface area contributed by atoms with E-state index in [1.807, 2.05) is 0 Å². The lowest BCUT2D eigenvalue weighted by molar-refractivity contribution is 0.102. The molecule has 0 heterocycles. The van der Waals surface area contributed by atoms with Crippen molar-refractivity contribution in [2.75, 3.05) is 27.4 Å². The fraction of sp³-hybridized carbons (Fsp3) is 1.00. The van der Waals surface area contributed by atoms with E-state index in [-0.39, 0.29) is 0 Å². The van der Waals surface area contributed by atoms with Gasteiger partial charge in [-0.2, -0.15) is 0 Å². The van der Waals surface area contributed by atoms with Crippen LogP contribution in [0.1, 0.15) is 26.7 Å². The van der Waals surface area contributed by atoms with E-state index >= 15 is 0 Å². The van der Waals surface area contributed by atoms with Crippen molar-refractivity contribution in [2.24, 2.45) is 5.92 Å². The molecule has 3 nitrogen and oxygen atoms in total. The lowest BCUT2D eigenvalue weighted by Gasteiger charge is -2.22. The fourth-order valence-corrected chi connectivity index (χ4v) is 2.55. The van der Waals surface area contributed by atoms with Gasteiger partial charge in [-0.05, 0) is 24.9 Å². The van der Waals surface area contributed by atoms with Crippen molar-refractivity contribution in [1.82, 2.24) is 0 Å². The maximum absolute atomic E-state index is 5.58. The minimum atomic E-state index is -1.86. The second-order valence-electron chi connectivity index (χ2n) is 4.23. The Morgan fingerprint density at radius 2 is 1.80 bits per heavy atom. The monoisotopic (exact) mass is 234 g/mol. The Bertz CT molecular complexity index is 149. The Morgan fingerprint density at radius 1 is 1.20 bits per heavy atom. The molecule has 0 aromatic carbocycles. The summed E-state index contributed by atoms with van der Waals surface area (Å²) in [6.07, 6.45) is 2.21. The van der Waals surface area contributed by atoms with Gasteiger partial charge in [0.15, 0.2) is 0 Å². The highest BCUT2D eigenvalue weighted by Gasteiger charge is 2.27. The van der Waals surface area contributed by atoms with E-state index in [2.05, 4.69) is 20.4 Å². The Balaban J connectivity index is 3.45. The van der Waals surface area contributed by atoms with Crippen LogP contribution in [0.3, 0.4) is 0 Å². The number of hydrogen-bond donors (Lipinski definition) is 0. The Kier molecular flexibility index (Phi) is 8.33. The molecular weight excluding hydrogens is 208 g/mol.